The zero-order chi connectivity index (χ0) is 24.0. The zero-order valence-corrected chi connectivity index (χ0v) is 19.8. The number of amides is 3. The first-order chi connectivity index (χ1) is 16.5. The van der Waals surface area contributed by atoms with E-state index in [-0.39, 0.29) is 43.1 Å². The number of likely N-dealkylation sites (tertiary alicyclic amines) is 2. The second-order valence-corrected chi connectivity index (χ2v) is 9.19. The average molecular weight is 464 g/mol. The highest BCUT2D eigenvalue weighted by atomic mass is 16.5. The van der Waals surface area contributed by atoms with Crippen LogP contribution >= 0.6 is 0 Å². The van der Waals surface area contributed by atoms with Crippen LogP contribution in [0.1, 0.15) is 57.4 Å². The van der Waals surface area contributed by atoms with Crippen molar-refractivity contribution < 1.29 is 19.1 Å². The quantitative estimate of drug-likeness (QED) is 0.418. The van der Waals surface area contributed by atoms with E-state index >= 15 is 0 Å². The van der Waals surface area contributed by atoms with Crippen LogP contribution in [0.2, 0.25) is 0 Å². The topological polar surface area (TPSA) is 79.8 Å². The fraction of sp³-hybridized carbons (Fsp3) is 0.481. The predicted molar refractivity (Wildman–Crippen MR) is 128 cm³/mol. The Bertz CT molecular complexity index is 997. The maximum atomic E-state index is 13.8. The van der Waals surface area contributed by atoms with Gasteiger partial charge in [0, 0.05) is 38.2 Å². The number of benzene rings is 1. The van der Waals surface area contributed by atoms with Gasteiger partial charge in [-0.25, -0.2) is 0 Å². The van der Waals surface area contributed by atoms with Gasteiger partial charge in [0.1, 0.15) is 5.75 Å². The van der Waals surface area contributed by atoms with Crippen molar-refractivity contribution in [2.75, 3.05) is 19.7 Å². The molecule has 4 rings (SSSR count). The van der Waals surface area contributed by atoms with Gasteiger partial charge in [-0.15, -0.1) is 0 Å². The lowest BCUT2D eigenvalue weighted by molar-refractivity contribution is -0.144. The van der Waals surface area contributed by atoms with E-state index in [1.807, 2.05) is 41.3 Å². The van der Waals surface area contributed by atoms with Gasteiger partial charge in [-0.1, -0.05) is 37.3 Å². The van der Waals surface area contributed by atoms with E-state index in [1.54, 1.807) is 18.5 Å². The van der Waals surface area contributed by atoms with Crippen molar-refractivity contribution in [1.82, 2.24) is 14.8 Å². The normalized spacial score (nSPS) is 22.8. The number of nitrogens with zero attached hydrogens (tertiary/aromatic N) is 3. The third kappa shape index (κ3) is 4.98. The van der Waals surface area contributed by atoms with Gasteiger partial charge in [0.25, 0.3) is 0 Å². The lowest BCUT2D eigenvalue weighted by atomic mass is 9.75. The van der Waals surface area contributed by atoms with Gasteiger partial charge in [-0.3, -0.25) is 24.3 Å². The van der Waals surface area contributed by atoms with Crippen molar-refractivity contribution in [3.63, 3.8) is 0 Å². The van der Waals surface area contributed by atoms with Crippen LogP contribution in [0.5, 0.6) is 5.75 Å². The Morgan fingerprint density at radius 2 is 1.97 bits per heavy atom. The van der Waals surface area contributed by atoms with Crippen LogP contribution in [0, 0.1) is 0 Å². The Labute approximate surface area is 201 Å². The Morgan fingerprint density at radius 3 is 2.71 bits per heavy atom. The summed E-state index contributed by atoms with van der Waals surface area (Å²) < 4.78 is 5.67. The number of carbonyl (C=O) groups excluding carboxylic acids is 3. The number of ether oxygens (including phenoxy) is 1. The van der Waals surface area contributed by atoms with Crippen LogP contribution in [0.15, 0.2) is 54.9 Å². The molecule has 1 aromatic heterocycles. The molecule has 7 nitrogen and oxygen atoms in total. The van der Waals surface area contributed by atoms with Crippen LogP contribution in [0.4, 0.5) is 0 Å². The highest BCUT2D eigenvalue weighted by Crippen LogP contribution is 2.41. The van der Waals surface area contributed by atoms with E-state index in [0.717, 1.165) is 37.8 Å². The van der Waals surface area contributed by atoms with E-state index in [0.29, 0.717) is 18.8 Å². The molecule has 7 heteroatoms. The van der Waals surface area contributed by atoms with E-state index in [9.17, 15) is 14.4 Å². The Hall–Kier alpha value is -3.22. The Kier molecular flexibility index (Phi) is 7.60. The van der Waals surface area contributed by atoms with Gasteiger partial charge < -0.3 is 9.64 Å². The molecular formula is C27H33N3O4. The molecule has 0 bridgehead atoms. The number of piperidine rings is 1. The van der Waals surface area contributed by atoms with Gasteiger partial charge in [0.15, 0.2) is 0 Å². The van der Waals surface area contributed by atoms with Gasteiger partial charge in [-0.2, -0.15) is 0 Å². The zero-order valence-electron chi connectivity index (χ0n) is 19.8. The smallest absolute Gasteiger partial charge is 0.240 e. The fourth-order valence-electron chi connectivity index (χ4n) is 5.21. The Balaban J connectivity index is 1.49. The molecule has 3 heterocycles. The molecule has 2 saturated heterocycles. The predicted octanol–water partition coefficient (Wildman–Crippen LogP) is 3.73. The molecule has 2 aromatic rings. The number of aromatic nitrogens is 1. The molecule has 0 spiro atoms. The molecule has 0 N–H and O–H groups in total. The standard InChI is InChI=1S/C27H33N3O4/c1-2-22-12-6-7-15-29(22)24(31)18-27(21-10-4-3-5-11-21)19-25(32)30(26(27)33)16-9-17-34-23-13-8-14-28-20-23/h3-5,8,10-11,13-14,20,22H,2,6-7,9,12,15-19H2,1H3. The number of imide groups is 1. The van der Waals surface area contributed by atoms with Gasteiger partial charge >= 0.3 is 0 Å². The summed E-state index contributed by atoms with van der Waals surface area (Å²) in [6, 6.07) is 13.1. The van der Waals surface area contributed by atoms with E-state index < -0.39 is 5.41 Å². The van der Waals surface area contributed by atoms with Crippen molar-refractivity contribution in [3.8, 4) is 5.75 Å². The van der Waals surface area contributed by atoms with E-state index in [1.165, 1.54) is 4.90 Å². The summed E-state index contributed by atoms with van der Waals surface area (Å²) in [5.74, 6) is 0.119. The molecule has 1 aromatic carbocycles. The highest BCUT2D eigenvalue weighted by Gasteiger charge is 2.54. The Morgan fingerprint density at radius 1 is 1.15 bits per heavy atom. The highest BCUT2D eigenvalue weighted by molar-refractivity contribution is 6.10. The lowest BCUT2D eigenvalue weighted by Crippen LogP contribution is -2.48. The maximum Gasteiger partial charge on any atom is 0.240 e. The van der Waals surface area contributed by atoms with Gasteiger partial charge in [0.2, 0.25) is 17.7 Å². The first-order valence-electron chi connectivity index (χ1n) is 12.3. The summed E-state index contributed by atoms with van der Waals surface area (Å²) in [6.45, 7) is 3.45. The molecule has 0 radical (unpaired) electrons. The monoisotopic (exact) mass is 463 g/mol. The molecule has 2 atom stereocenters. The summed E-state index contributed by atoms with van der Waals surface area (Å²) >= 11 is 0. The van der Waals surface area contributed by atoms with Crippen molar-refractivity contribution in [1.29, 1.82) is 0 Å². The molecule has 2 aliphatic heterocycles. The number of pyridine rings is 1. The molecule has 0 saturated carbocycles. The van der Waals surface area contributed by atoms with Crippen molar-refractivity contribution in [2.45, 2.75) is 63.3 Å². The van der Waals surface area contributed by atoms with E-state index in [4.69, 9.17) is 4.74 Å². The molecule has 34 heavy (non-hydrogen) atoms. The first-order valence-corrected chi connectivity index (χ1v) is 12.3. The molecule has 180 valence electrons. The largest absolute Gasteiger partial charge is 0.492 e. The van der Waals surface area contributed by atoms with Crippen molar-refractivity contribution >= 4 is 17.7 Å². The van der Waals surface area contributed by atoms with Crippen LogP contribution in [-0.4, -0.2) is 58.2 Å². The third-order valence-electron chi connectivity index (χ3n) is 7.04. The summed E-state index contributed by atoms with van der Waals surface area (Å²) in [5, 5.41) is 0. The summed E-state index contributed by atoms with van der Waals surface area (Å²) in [6.07, 6.45) is 7.87. The number of rotatable bonds is 9. The minimum absolute atomic E-state index is 0.0235. The van der Waals surface area contributed by atoms with Crippen molar-refractivity contribution in [2.24, 2.45) is 0 Å². The summed E-state index contributed by atoms with van der Waals surface area (Å²) in [4.78, 5) is 47.6. The minimum Gasteiger partial charge on any atom is -0.492 e. The average Bonchev–Trinajstić information content (AvgIpc) is 3.12. The molecule has 2 aliphatic rings. The molecular weight excluding hydrogens is 430 g/mol. The molecule has 2 fully saturated rings. The second kappa shape index (κ2) is 10.8. The first kappa shape index (κ1) is 23.9. The van der Waals surface area contributed by atoms with Crippen molar-refractivity contribution in [3.05, 3.63) is 60.4 Å². The number of hydrogen-bond donors (Lipinski definition) is 0. The maximum absolute atomic E-state index is 13.8. The summed E-state index contributed by atoms with van der Waals surface area (Å²) in [7, 11) is 0. The molecule has 3 amide bonds. The second-order valence-electron chi connectivity index (χ2n) is 9.19. The molecule has 2 unspecified atom stereocenters. The van der Waals surface area contributed by atoms with Crippen LogP contribution in [-0.2, 0) is 19.8 Å². The van der Waals surface area contributed by atoms with Crippen LogP contribution < -0.4 is 4.74 Å². The third-order valence-corrected chi connectivity index (χ3v) is 7.04. The number of hydrogen-bond acceptors (Lipinski definition) is 5. The number of carbonyl (C=O) groups is 3. The fourth-order valence-corrected chi connectivity index (χ4v) is 5.21. The van der Waals surface area contributed by atoms with Gasteiger partial charge in [-0.05, 0) is 49.8 Å². The molecule has 0 aliphatic carbocycles. The van der Waals surface area contributed by atoms with Crippen LogP contribution in [0.25, 0.3) is 0 Å². The minimum atomic E-state index is -1.14. The summed E-state index contributed by atoms with van der Waals surface area (Å²) in [5.41, 5.74) is -0.407. The SMILES string of the molecule is CCC1CCCCN1C(=O)CC1(c2ccccc2)CC(=O)N(CCCOc2cccnc2)C1=O. The van der Waals surface area contributed by atoms with E-state index in [2.05, 4.69) is 11.9 Å². The van der Waals surface area contributed by atoms with Gasteiger partial charge in [0.05, 0.1) is 18.2 Å². The van der Waals surface area contributed by atoms with Crippen LogP contribution in [0.3, 0.4) is 0 Å². The lowest BCUT2D eigenvalue weighted by Gasteiger charge is -2.37.